The number of hydrogen-bond acceptors (Lipinski definition) is 4. The minimum absolute atomic E-state index is 0.152. The van der Waals surface area contributed by atoms with E-state index in [2.05, 4.69) is 0 Å². The minimum Gasteiger partial charge on any atom is -0.493 e. The molecule has 1 aliphatic rings. The van der Waals surface area contributed by atoms with Crippen LogP contribution in [0.15, 0.2) is 12.1 Å². The predicted molar refractivity (Wildman–Crippen MR) is 70.4 cm³/mol. The fraction of sp³-hybridized carbons (Fsp3) is 0.538. The Morgan fingerprint density at radius 1 is 1.39 bits per heavy atom. The van der Waals surface area contributed by atoms with Gasteiger partial charge in [0.2, 0.25) is 0 Å². The van der Waals surface area contributed by atoms with Gasteiger partial charge in [-0.2, -0.15) is 0 Å². The second kappa shape index (κ2) is 6.27. The zero-order valence-electron chi connectivity index (χ0n) is 10.4. The van der Waals surface area contributed by atoms with Crippen LogP contribution in [0, 0.1) is 0 Å². The number of rotatable bonds is 4. The van der Waals surface area contributed by atoms with Gasteiger partial charge in [0.05, 0.1) is 20.3 Å². The van der Waals surface area contributed by atoms with Gasteiger partial charge in [-0.05, 0) is 6.07 Å². The molecule has 1 aliphatic heterocycles. The van der Waals surface area contributed by atoms with E-state index >= 15 is 0 Å². The van der Waals surface area contributed by atoms with Gasteiger partial charge in [0.1, 0.15) is 6.10 Å². The van der Waals surface area contributed by atoms with Gasteiger partial charge in [-0.25, -0.2) is 0 Å². The molecule has 18 heavy (non-hydrogen) atoms. The largest absolute Gasteiger partial charge is 0.493 e. The Morgan fingerprint density at radius 2 is 2.11 bits per heavy atom. The molecule has 1 heterocycles. The molecule has 0 radical (unpaired) electrons. The van der Waals surface area contributed by atoms with Crippen LogP contribution in [0.5, 0.6) is 11.5 Å². The van der Waals surface area contributed by atoms with Crippen LogP contribution < -0.4 is 15.2 Å². The summed E-state index contributed by atoms with van der Waals surface area (Å²) in [5.74, 6) is 1.34. The quantitative estimate of drug-likeness (QED) is 0.913. The highest BCUT2D eigenvalue weighted by molar-refractivity contribution is 6.30. The molecular weight excluding hydrogens is 254 g/mol. The topological polar surface area (TPSA) is 53.7 Å². The normalized spacial score (nSPS) is 16.6. The summed E-state index contributed by atoms with van der Waals surface area (Å²) in [6, 6.07) is 3.56. The number of halogens is 1. The molecule has 1 fully saturated rings. The minimum atomic E-state index is 0.152. The maximum absolute atomic E-state index is 6.01. The average Bonchev–Trinajstić information content (AvgIpc) is 2.41. The van der Waals surface area contributed by atoms with Crippen molar-refractivity contribution in [2.24, 2.45) is 5.73 Å². The zero-order chi connectivity index (χ0) is 13.0. The van der Waals surface area contributed by atoms with Crippen LogP contribution in [0.3, 0.4) is 0 Å². The molecule has 0 atom stereocenters. The van der Waals surface area contributed by atoms with Crippen molar-refractivity contribution in [1.29, 1.82) is 0 Å². The third kappa shape index (κ3) is 3.07. The summed E-state index contributed by atoms with van der Waals surface area (Å²) in [5.41, 5.74) is 6.60. The summed E-state index contributed by atoms with van der Waals surface area (Å²) in [5, 5.41) is 0.603. The lowest BCUT2D eigenvalue weighted by molar-refractivity contribution is 0.0241. The molecule has 1 aromatic carbocycles. The molecule has 2 rings (SSSR count). The van der Waals surface area contributed by atoms with Gasteiger partial charge in [-0.3, -0.25) is 0 Å². The lowest BCUT2D eigenvalue weighted by atomic mass is 10.1. The summed E-state index contributed by atoms with van der Waals surface area (Å²) >= 11 is 6.01. The van der Waals surface area contributed by atoms with Crippen molar-refractivity contribution in [3.63, 3.8) is 0 Å². The first kappa shape index (κ1) is 13.5. The molecule has 0 aromatic heterocycles. The van der Waals surface area contributed by atoms with Gasteiger partial charge in [-0.1, -0.05) is 11.6 Å². The van der Waals surface area contributed by atoms with E-state index < -0.39 is 0 Å². The van der Waals surface area contributed by atoms with E-state index in [4.69, 9.17) is 31.5 Å². The highest BCUT2D eigenvalue weighted by Crippen LogP contribution is 2.36. The number of benzene rings is 1. The monoisotopic (exact) mass is 271 g/mol. The SMILES string of the molecule is COc1cc(Cl)cc(CN)c1OC1CCOCC1. The van der Waals surface area contributed by atoms with Crippen LogP contribution in [0.1, 0.15) is 18.4 Å². The van der Waals surface area contributed by atoms with Crippen LogP contribution in [0.2, 0.25) is 5.02 Å². The van der Waals surface area contributed by atoms with Crippen molar-refractivity contribution in [2.75, 3.05) is 20.3 Å². The third-order valence-electron chi connectivity index (χ3n) is 2.99. The molecule has 100 valence electrons. The Hall–Kier alpha value is -0.970. The number of ether oxygens (including phenoxy) is 3. The Kier molecular flexibility index (Phi) is 4.69. The second-order valence-corrected chi connectivity index (χ2v) is 4.67. The van der Waals surface area contributed by atoms with Gasteiger partial charge >= 0.3 is 0 Å². The van der Waals surface area contributed by atoms with Crippen molar-refractivity contribution in [3.8, 4) is 11.5 Å². The molecule has 0 saturated carbocycles. The maximum Gasteiger partial charge on any atom is 0.166 e. The lowest BCUT2D eigenvalue weighted by Gasteiger charge is -2.25. The standard InChI is InChI=1S/C13H18ClNO3/c1-16-12-7-10(14)6-9(8-15)13(12)18-11-2-4-17-5-3-11/h6-7,11H,2-5,8,15H2,1H3. The van der Waals surface area contributed by atoms with Crippen molar-refractivity contribution in [3.05, 3.63) is 22.7 Å². The molecule has 5 heteroatoms. The van der Waals surface area contributed by atoms with E-state index in [1.807, 2.05) is 6.07 Å². The van der Waals surface area contributed by atoms with Crippen molar-refractivity contribution < 1.29 is 14.2 Å². The lowest BCUT2D eigenvalue weighted by Crippen LogP contribution is -2.26. The Morgan fingerprint density at radius 3 is 2.72 bits per heavy atom. The molecule has 0 unspecified atom stereocenters. The van der Waals surface area contributed by atoms with E-state index in [9.17, 15) is 0 Å². The fourth-order valence-corrected chi connectivity index (χ4v) is 2.25. The number of nitrogens with two attached hydrogens (primary N) is 1. The van der Waals surface area contributed by atoms with E-state index in [1.165, 1.54) is 0 Å². The molecule has 0 bridgehead atoms. The van der Waals surface area contributed by atoms with Crippen LogP contribution in [-0.4, -0.2) is 26.4 Å². The Balaban J connectivity index is 2.23. The van der Waals surface area contributed by atoms with Crippen molar-refractivity contribution in [2.45, 2.75) is 25.5 Å². The number of methoxy groups -OCH3 is 1. The zero-order valence-corrected chi connectivity index (χ0v) is 11.2. The molecule has 0 spiro atoms. The van der Waals surface area contributed by atoms with Gasteiger partial charge in [0, 0.05) is 36.0 Å². The smallest absolute Gasteiger partial charge is 0.166 e. The van der Waals surface area contributed by atoms with Gasteiger partial charge in [-0.15, -0.1) is 0 Å². The first-order valence-electron chi connectivity index (χ1n) is 6.05. The highest BCUT2D eigenvalue weighted by atomic mass is 35.5. The summed E-state index contributed by atoms with van der Waals surface area (Å²) < 4.78 is 16.6. The van der Waals surface area contributed by atoms with E-state index in [0.29, 0.717) is 23.1 Å². The summed E-state index contributed by atoms with van der Waals surface area (Å²) in [7, 11) is 1.60. The fourth-order valence-electron chi connectivity index (χ4n) is 2.02. The van der Waals surface area contributed by atoms with Crippen LogP contribution >= 0.6 is 11.6 Å². The summed E-state index contributed by atoms with van der Waals surface area (Å²) in [6.07, 6.45) is 1.92. The molecule has 1 aromatic rings. The Bertz CT molecular complexity index is 380. The molecular formula is C13H18ClNO3. The Labute approximate surface area is 112 Å². The first-order chi connectivity index (χ1) is 8.74. The molecule has 2 N–H and O–H groups in total. The predicted octanol–water partition coefficient (Wildman–Crippen LogP) is 2.37. The van der Waals surface area contributed by atoms with Crippen LogP contribution in [-0.2, 0) is 11.3 Å². The third-order valence-corrected chi connectivity index (χ3v) is 3.21. The molecule has 0 aliphatic carbocycles. The molecule has 1 saturated heterocycles. The average molecular weight is 272 g/mol. The van der Waals surface area contributed by atoms with E-state index in [1.54, 1.807) is 13.2 Å². The first-order valence-corrected chi connectivity index (χ1v) is 6.43. The van der Waals surface area contributed by atoms with Gasteiger partial charge in [0.25, 0.3) is 0 Å². The van der Waals surface area contributed by atoms with E-state index in [0.717, 1.165) is 31.6 Å². The van der Waals surface area contributed by atoms with Gasteiger partial charge in [0.15, 0.2) is 11.5 Å². The highest BCUT2D eigenvalue weighted by Gasteiger charge is 2.19. The van der Waals surface area contributed by atoms with Gasteiger partial charge < -0.3 is 19.9 Å². The molecule has 0 amide bonds. The number of hydrogen-bond donors (Lipinski definition) is 1. The summed E-state index contributed by atoms with van der Waals surface area (Å²) in [6.45, 7) is 1.84. The second-order valence-electron chi connectivity index (χ2n) is 4.23. The van der Waals surface area contributed by atoms with Crippen LogP contribution in [0.25, 0.3) is 0 Å². The van der Waals surface area contributed by atoms with E-state index in [-0.39, 0.29) is 6.10 Å². The van der Waals surface area contributed by atoms with Crippen LogP contribution in [0.4, 0.5) is 0 Å². The van der Waals surface area contributed by atoms with Crippen molar-refractivity contribution >= 4 is 11.6 Å². The van der Waals surface area contributed by atoms with Crippen molar-refractivity contribution in [1.82, 2.24) is 0 Å². The molecule has 4 nitrogen and oxygen atoms in total. The maximum atomic E-state index is 6.01. The summed E-state index contributed by atoms with van der Waals surface area (Å²) in [4.78, 5) is 0.